The molecule has 0 saturated heterocycles. The lowest BCUT2D eigenvalue weighted by Crippen LogP contribution is -2.19. The Morgan fingerprint density at radius 2 is 1.88 bits per heavy atom. The topological polar surface area (TPSA) is 59.3 Å². The molecular weight excluding hydrogens is 300 g/mol. The van der Waals surface area contributed by atoms with Crippen molar-refractivity contribution in [1.82, 2.24) is 14.6 Å². The van der Waals surface area contributed by atoms with Gasteiger partial charge in [-0.05, 0) is 36.8 Å². The molecule has 0 aliphatic rings. The van der Waals surface area contributed by atoms with Gasteiger partial charge in [0.15, 0.2) is 5.65 Å². The van der Waals surface area contributed by atoms with Gasteiger partial charge in [-0.2, -0.15) is 4.52 Å². The number of anilines is 1. The summed E-state index contributed by atoms with van der Waals surface area (Å²) in [6.07, 6.45) is 0. The van der Waals surface area contributed by atoms with E-state index in [1.807, 2.05) is 61.5 Å². The Hall–Kier alpha value is -3.21. The maximum atomic E-state index is 12.7. The van der Waals surface area contributed by atoms with Crippen molar-refractivity contribution in [3.63, 3.8) is 0 Å². The molecule has 0 aliphatic heterocycles. The molecule has 0 atom stereocenters. The van der Waals surface area contributed by atoms with Crippen molar-refractivity contribution in [1.29, 1.82) is 0 Å². The standard InChI is InChI=1S/C19H16N4O/c1-13-7-8-16-15(11-13)19(24)23-18(21-16)10-9-17(22-23)20-12-14-5-3-2-4-6-14/h2-11H,12H2,1H3,(H,20,22). The maximum absolute atomic E-state index is 12.7. The van der Waals surface area contributed by atoms with Gasteiger partial charge in [-0.3, -0.25) is 4.79 Å². The van der Waals surface area contributed by atoms with Crippen LogP contribution in [0.3, 0.4) is 0 Å². The molecule has 4 aromatic rings. The van der Waals surface area contributed by atoms with Crippen molar-refractivity contribution in [2.45, 2.75) is 13.5 Å². The van der Waals surface area contributed by atoms with Gasteiger partial charge in [-0.25, -0.2) is 4.98 Å². The monoisotopic (exact) mass is 316 g/mol. The molecule has 0 unspecified atom stereocenters. The van der Waals surface area contributed by atoms with Gasteiger partial charge in [0.05, 0.1) is 10.9 Å². The summed E-state index contributed by atoms with van der Waals surface area (Å²) in [5, 5.41) is 8.22. The van der Waals surface area contributed by atoms with Crippen LogP contribution in [0.1, 0.15) is 11.1 Å². The summed E-state index contributed by atoms with van der Waals surface area (Å²) in [4.78, 5) is 17.2. The fourth-order valence-corrected chi connectivity index (χ4v) is 2.69. The zero-order valence-corrected chi connectivity index (χ0v) is 13.2. The molecule has 5 nitrogen and oxygen atoms in total. The van der Waals surface area contributed by atoms with E-state index in [9.17, 15) is 4.79 Å². The van der Waals surface area contributed by atoms with Crippen LogP contribution in [-0.4, -0.2) is 14.6 Å². The van der Waals surface area contributed by atoms with E-state index in [1.54, 1.807) is 6.07 Å². The first kappa shape index (κ1) is 14.4. The molecule has 2 aromatic heterocycles. The van der Waals surface area contributed by atoms with E-state index >= 15 is 0 Å². The predicted octanol–water partition coefficient (Wildman–Crippen LogP) is 3.16. The number of hydrogen-bond acceptors (Lipinski definition) is 4. The minimum atomic E-state index is -0.151. The Balaban J connectivity index is 1.75. The van der Waals surface area contributed by atoms with Crippen LogP contribution in [0.15, 0.2) is 65.5 Å². The van der Waals surface area contributed by atoms with Crippen molar-refractivity contribution >= 4 is 22.4 Å². The second kappa shape index (κ2) is 5.77. The van der Waals surface area contributed by atoms with Crippen LogP contribution in [0.5, 0.6) is 0 Å². The first-order valence-electron chi connectivity index (χ1n) is 7.79. The minimum Gasteiger partial charge on any atom is -0.365 e. The molecule has 24 heavy (non-hydrogen) atoms. The molecule has 1 N–H and O–H groups in total. The normalized spacial score (nSPS) is 11.0. The van der Waals surface area contributed by atoms with E-state index in [-0.39, 0.29) is 5.56 Å². The largest absolute Gasteiger partial charge is 0.365 e. The number of rotatable bonds is 3. The molecule has 5 heteroatoms. The molecule has 0 fully saturated rings. The van der Waals surface area contributed by atoms with Gasteiger partial charge in [0.2, 0.25) is 0 Å². The number of benzene rings is 2. The van der Waals surface area contributed by atoms with Gasteiger partial charge in [-0.1, -0.05) is 42.0 Å². The Morgan fingerprint density at radius 3 is 2.71 bits per heavy atom. The first-order chi connectivity index (χ1) is 11.7. The van der Waals surface area contributed by atoms with Gasteiger partial charge >= 0.3 is 0 Å². The molecule has 0 bridgehead atoms. The first-order valence-corrected chi connectivity index (χ1v) is 7.79. The zero-order valence-electron chi connectivity index (χ0n) is 13.2. The van der Waals surface area contributed by atoms with Crippen molar-refractivity contribution in [2.75, 3.05) is 5.32 Å². The number of nitrogens with one attached hydrogen (secondary N) is 1. The van der Waals surface area contributed by atoms with Crippen LogP contribution >= 0.6 is 0 Å². The summed E-state index contributed by atoms with van der Waals surface area (Å²) < 4.78 is 1.36. The lowest BCUT2D eigenvalue weighted by molar-refractivity contribution is 0.876. The molecule has 2 aromatic carbocycles. The highest BCUT2D eigenvalue weighted by Gasteiger charge is 2.07. The van der Waals surface area contributed by atoms with Gasteiger partial charge in [0.25, 0.3) is 5.56 Å². The maximum Gasteiger partial charge on any atom is 0.282 e. The van der Waals surface area contributed by atoms with Crippen molar-refractivity contribution < 1.29 is 0 Å². The van der Waals surface area contributed by atoms with Gasteiger partial charge in [-0.15, -0.1) is 5.10 Å². The summed E-state index contributed by atoms with van der Waals surface area (Å²) in [7, 11) is 0. The predicted molar refractivity (Wildman–Crippen MR) is 95.3 cm³/mol. The average molecular weight is 316 g/mol. The van der Waals surface area contributed by atoms with E-state index in [0.717, 1.165) is 11.1 Å². The van der Waals surface area contributed by atoms with Crippen LogP contribution in [0.25, 0.3) is 16.6 Å². The van der Waals surface area contributed by atoms with Crippen LogP contribution in [0.2, 0.25) is 0 Å². The van der Waals surface area contributed by atoms with Crippen molar-refractivity contribution in [3.05, 3.63) is 82.1 Å². The molecular formula is C19H16N4O. The van der Waals surface area contributed by atoms with Crippen LogP contribution in [-0.2, 0) is 6.54 Å². The number of hydrogen-bond donors (Lipinski definition) is 1. The summed E-state index contributed by atoms with van der Waals surface area (Å²) in [5.74, 6) is 0.641. The Morgan fingerprint density at radius 1 is 1.04 bits per heavy atom. The van der Waals surface area contributed by atoms with Crippen LogP contribution in [0, 0.1) is 6.92 Å². The van der Waals surface area contributed by atoms with E-state index < -0.39 is 0 Å². The van der Waals surface area contributed by atoms with Gasteiger partial charge in [0.1, 0.15) is 5.82 Å². The van der Waals surface area contributed by atoms with Crippen molar-refractivity contribution in [3.8, 4) is 0 Å². The van der Waals surface area contributed by atoms with E-state index in [1.165, 1.54) is 4.52 Å². The highest BCUT2D eigenvalue weighted by Crippen LogP contribution is 2.12. The number of fused-ring (bicyclic) bond motifs is 2. The SMILES string of the molecule is Cc1ccc2nc3ccc(NCc4ccccc4)nn3c(=O)c2c1. The van der Waals surface area contributed by atoms with Crippen molar-refractivity contribution in [2.24, 2.45) is 0 Å². The summed E-state index contributed by atoms with van der Waals surface area (Å²) >= 11 is 0. The molecule has 0 aliphatic carbocycles. The second-order valence-corrected chi connectivity index (χ2v) is 5.77. The van der Waals surface area contributed by atoms with Crippen LogP contribution in [0.4, 0.5) is 5.82 Å². The molecule has 0 radical (unpaired) electrons. The number of nitrogens with zero attached hydrogens (tertiary/aromatic N) is 3. The third-order valence-electron chi connectivity index (χ3n) is 3.94. The van der Waals surface area contributed by atoms with Gasteiger partial charge < -0.3 is 5.32 Å². The molecule has 4 rings (SSSR count). The lowest BCUT2D eigenvalue weighted by Gasteiger charge is -2.08. The summed E-state index contributed by atoms with van der Waals surface area (Å²) in [6.45, 7) is 2.60. The second-order valence-electron chi connectivity index (χ2n) is 5.77. The smallest absolute Gasteiger partial charge is 0.282 e. The third-order valence-corrected chi connectivity index (χ3v) is 3.94. The summed E-state index contributed by atoms with van der Waals surface area (Å²) in [6, 6.07) is 19.4. The fourth-order valence-electron chi connectivity index (χ4n) is 2.69. The fraction of sp³-hybridized carbons (Fsp3) is 0.105. The minimum absolute atomic E-state index is 0.151. The Bertz CT molecular complexity index is 1090. The third kappa shape index (κ3) is 2.60. The number of aryl methyl sites for hydroxylation is 1. The zero-order chi connectivity index (χ0) is 16.5. The molecule has 2 heterocycles. The highest BCUT2D eigenvalue weighted by molar-refractivity contribution is 5.80. The number of aromatic nitrogens is 3. The van der Waals surface area contributed by atoms with Gasteiger partial charge in [0, 0.05) is 6.54 Å². The Kier molecular flexibility index (Phi) is 3.46. The van der Waals surface area contributed by atoms with E-state index in [0.29, 0.717) is 28.9 Å². The molecule has 0 saturated carbocycles. The quantitative estimate of drug-likeness (QED) is 0.590. The molecule has 0 amide bonds. The molecule has 118 valence electrons. The van der Waals surface area contributed by atoms with E-state index in [4.69, 9.17) is 0 Å². The lowest BCUT2D eigenvalue weighted by atomic mass is 10.2. The molecule has 0 spiro atoms. The average Bonchev–Trinajstić information content (AvgIpc) is 2.62. The van der Waals surface area contributed by atoms with Crippen LogP contribution < -0.4 is 10.9 Å². The summed E-state index contributed by atoms with van der Waals surface area (Å²) in [5.41, 5.74) is 3.26. The highest BCUT2D eigenvalue weighted by atomic mass is 16.1. The van der Waals surface area contributed by atoms with E-state index in [2.05, 4.69) is 15.4 Å². The Labute approximate surface area is 138 Å².